The normalized spacial score (nSPS) is 12.2. The molecule has 0 aliphatic heterocycles. The number of methoxy groups -OCH3 is 2. The third kappa shape index (κ3) is 4.65. The number of ether oxygens (including phenoxy) is 2. The number of carbonyl (C=O) groups is 1. The van der Waals surface area contributed by atoms with Crippen molar-refractivity contribution in [2.24, 2.45) is 0 Å². The summed E-state index contributed by atoms with van der Waals surface area (Å²) < 4.78 is 10.1. The molecule has 0 saturated heterocycles. The van der Waals surface area contributed by atoms with Gasteiger partial charge in [0.15, 0.2) is 0 Å². The number of carbonyl (C=O) groups excluding carboxylic acids is 1. The zero-order valence-electron chi connectivity index (χ0n) is 9.86. The second kappa shape index (κ2) is 7.68. The molecule has 0 aliphatic carbocycles. The Hall–Kier alpha value is -0.590. The lowest BCUT2D eigenvalue weighted by atomic mass is 10.2. The predicted octanol–water partition coefficient (Wildman–Crippen LogP) is 2.29. The Kier molecular flexibility index (Phi) is 6.54. The fourth-order valence-corrected chi connectivity index (χ4v) is 2.64. The molecular weight excluding hydrogens is 306 g/mol. The number of nitrogens with one attached hydrogen (secondary N) is 1. The lowest BCUT2D eigenvalue weighted by molar-refractivity contribution is 0.0899. The van der Waals surface area contributed by atoms with Crippen molar-refractivity contribution in [3.63, 3.8) is 0 Å². The summed E-state index contributed by atoms with van der Waals surface area (Å²) in [5, 5.41) is 5.57. The van der Waals surface area contributed by atoms with Crippen LogP contribution >= 0.6 is 27.3 Å². The topological polar surface area (TPSA) is 47.6 Å². The Bertz CT molecular complexity index is 350. The zero-order valence-corrected chi connectivity index (χ0v) is 12.3. The fourth-order valence-electron chi connectivity index (χ4n) is 1.33. The summed E-state index contributed by atoms with van der Waals surface area (Å²) in [5.74, 6) is 0.630. The van der Waals surface area contributed by atoms with Gasteiger partial charge in [-0.1, -0.05) is 15.9 Å². The van der Waals surface area contributed by atoms with Crippen LogP contribution in [0.2, 0.25) is 0 Å². The van der Waals surface area contributed by atoms with E-state index in [2.05, 4.69) is 21.2 Å². The molecule has 0 fully saturated rings. The molecule has 6 heteroatoms. The summed E-state index contributed by atoms with van der Waals surface area (Å²) in [5.41, 5.74) is 0. The Morgan fingerprint density at radius 1 is 1.59 bits per heavy atom. The molecule has 1 rings (SSSR count). The quantitative estimate of drug-likeness (QED) is 0.784. The van der Waals surface area contributed by atoms with E-state index < -0.39 is 0 Å². The van der Waals surface area contributed by atoms with Crippen molar-refractivity contribution in [3.8, 4) is 5.75 Å². The van der Waals surface area contributed by atoms with Gasteiger partial charge < -0.3 is 14.8 Å². The Balaban J connectivity index is 2.56. The van der Waals surface area contributed by atoms with Crippen LogP contribution in [0.4, 0.5) is 0 Å². The highest BCUT2D eigenvalue weighted by Crippen LogP contribution is 2.21. The molecule has 0 aliphatic rings. The van der Waals surface area contributed by atoms with E-state index >= 15 is 0 Å². The van der Waals surface area contributed by atoms with Gasteiger partial charge >= 0.3 is 0 Å². The van der Waals surface area contributed by atoms with Crippen LogP contribution in [-0.4, -0.2) is 38.1 Å². The number of hydrogen-bond acceptors (Lipinski definition) is 4. The molecule has 0 saturated carbocycles. The van der Waals surface area contributed by atoms with Crippen LogP contribution in [0.1, 0.15) is 16.1 Å². The summed E-state index contributed by atoms with van der Waals surface area (Å²) >= 11 is 4.73. The van der Waals surface area contributed by atoms with Gasteiger partial charge in [0.1, 0.15) is 5.75 Å². The van der Waals surface area contributed by atoms with Gasteiger partial charge in [-0.05, 0) is 6.42 Å². The van der Waals surface area contributed by atoms with E-state index in [0.717, 1.165) is 11.8 Å². The highest BCUT2D eigenvalue weighted by Gasteiger charge is 2.15. The maximum absolute atomic E-state index is 11.9. The van der Waals surface area contributed by atoms with Crippen molar-refractivity contribution >= 4 is 33.2 Å². The van der Waals surface area contributed by atoms with E-state index in [1.807, 2.05) is 5.38 Å². The molecular formula is C11H16BrNO3S. The first-order valence-corrected chi connectivity index (χ1v) is 7.19. The lowest BCUT2D eigenvalue weighted by Gasteiger charge is -2.15. The molecule has 96 valence electrons. The van der Waals surface area contributed by atoms with Crippen LogP contribution in [0, 0.1) is 0 Å². The van der Waals surface area contributed by atoms with E-state index in [0.29, 0.717) is 17.2 Å². The third-order valence-corrected chi connectivity index (χ3v) is 3.56. The zero-order chi connectivity index (χ0) is 12.7. The molecule has 1 amide bonds. The second-order valence-corrected chi connectivity index (χ2v) is 5.16. The minimum atomic E-state index is -0.0821. The molecule has 1 atom stereocenters. The van der Waals surface area contributed by atoms with Gasteiger partial charge in [-0.25, -0.2) is 0 Å². The van der Waals surface area contributed by atoms with Crippen LogP contribution in [-0.2, 0) is 4.74 Å². The van der Waals surface area contributed by atoms with Crippen LogP contribution in [0.3, 0.4) is 0 Å². The van der Waals surface area contributed by atoms with Crippen molar-refractivity contribution in [3.05, 3.63) is 16.3 Å². The van der Waals surface area contributed by atoms with Crippen molar-refractivity contribution in [1.82, 2.24) is 5.32 Å². The van der Waals surface area contributed by atoms with E-state index in [1.165, 1.54) is 11.3 Å². The van der Waals surface area contributed by atoms with E-state index in [4.69, 9.17) is 9.47 Å². The van der Waals surface area contributed by atoms with Crippen molar-refractivity contribution in [1.29, 1.82) is 0 Å². The molecule has 17 heavy (non-hydrogen) atoms. The molecule has 1 aromatic rings. The van der Waals surface area contributed by atoms with Crippen molar-refractivity contribution in [2.45, 2.75) is 12.5 Å². The maximum atomic E-state index is 11.9. The van der Waals surface area contributed by atoms with Crippen LogP contribution in [0.15, 0.2) is 11.4 Å². The SMILES string of the molecule is COCC(CCBr)NC(=O)c1cc(OC)cs1. The first kappa shape index (κ1) is 14.5. The molecule has 0 radical (unpaired) electrons. The smallest absolute Gasteiger partial charge is 0.261 e. The standard InChI is InChI=1S/C11H16BrNO3S/c1-15-6-8(3-4-12)13-11(14)10-5-9(16-2)7-17-10/h5,7-8H,3-4,6H2,1-2H3,(H,13,14). The molecule has 0 spiro atoms. The van der Waals surface area contributed by atoms with Gasteiger partial charge in [0.25, 0.3) is 5.91 Å². The minimum Gasteiger partial charge on any atom is -0.496 e. The third-order valence-electron chi connectivity index (χ3n) is 2.20. The Labute approximate surface area is 113 Å². The summed E-state index contributed by atoms with van der Waals surface area (Å²) in [6.45, 7) is 0.514. The van der Waals surface area contributed by atoms with Gasteiger partial charge in [0.05, 0.1) is 24.6 Å². The molecule has 1 unspecified atom stereocenters. The van der Waals surface area contributed by atoms with Gasteiger partial charge in [-0.15, -0.1) is 11.3 Å². The monoisotopic (exact) mass is 321 g/mol. The molecule has 1 N–H and O–H groups in total. The number of thiophene rings is 1. The lowest BCUT2D eigenvalue weighted by Crippen LogP contribution is -2.38. The van der Waals surface area contributed by atoms with E-state index in [-0.39, 0.29) is 11.9 Å². The van der Waals surface area contributed by atoms with Crippen molar-refractivity contribution in [2.75, 3.05) is 26.2 Å². The minimum absolute atomic E-state index is 0.0277. The molecule has 4 nitrogen and oxygen atoms in total. The highest BCUT2D eigenvalue weighted by molar-refractivity contribution is 9.09. The van der Waals surface area contributed by atoms with Crippen LogP contribution in [0.5, 0.6) is 5.75 Å². The number of hydrogen-bond donors (Lipinski definition) is 1. The molecule has 0 aromatic carbocycles. The van der Waals surface area contributed by atoms with Gasteiger partial charge in [-0.2, -0.15) is 0 Å². The van der Waals surface area contributed by atoms with Crippen LogP contribution < -0.4 is 10.1 Å². The number of alkyl halides is 1. The average molecular weight is 322 g/mol. The summed E-state index contributed by atoms with van der Waals surface area (Å²) in [7, 11) is 3.21. The number of halogens is 1. The first-order valence-electron chi connectivity index (χ1n) is 5.19. The fraction of sp³-hybridized carbons (Fsp3) is 0.545. The predicted molar refractivity (Wildman–Crippen MR) is 72.4 cm³/mol. The van der Waals surface area contributed by atoms with Gasteiger partial charge in [0, 0.05) is 23.9 Å². The molecule has 1 aromatic heterocycles. The Morgan fingerprint density at radius 3 is 2.88 bits per heavy atom. The maximum Gasteiger partial charge on any atom is 0.261 e. The van der Waals surface area contributed by atoms with E-state index in [9.17, 15) is 4.79 Å². The van der Waals surface area contributed by atoms with E-state index in [1.54, 1.807) is 20.3 Å². The highest BCUT2D eigenvalue weighted by atomic mass is 79.9. The van der Waals surface area contributed by atoms with Gasteiger partial charge in [-0.3, -0.25) is 4.79 Å². The number of rotatable bonds is 7. The van der Waals surface area contributed by atoms with Crippen LogP contribution in [0.25, 0.3) is 0 Å². The summed E-state index contributed by atoms with van der Waals surface area (Å²) in [4.78, 5) is 12.6. The average Bonchev–Trinajstić information content (AvgIpc) is 2.78. The molecule has 1 heterocycles. The van der Waals surface area contributed by atoms with Crippen molar-refractivity contribution < 1.29 is 14.3 Å². The first-order chi connectivity index (χ1) is 8.21. The molecule has 0 bridgehead atoms. The van der Waals surface area contributed by atoms with Gasteiger partial charge in [0.2, 0.25) is 0 Å². The summed E-state index contributed by atoms with van der Waals surface area (Å²) in [6.07, 6.45) is 0.835. The second-order valence-electron chi connectivity index (χ2n) is 3.45. The summed E-state index contributed by atoms with van der Waals surface area (Å²) in [6, 6.07) is 1.76. The largest absolute Gasteiger partial charge is 0.496 e. The Morgan fingerprint density at radius 2 is 2.35 bits per heavy atom. The number of amides is 1.